The second kappa shape index (κ2) is 5.54. The monoisotopic (exact) mass is 237 g/mol. The molecule has 17 heavy (non-hydrogen) atoms. The van der Waals surface area contributed by atoms with E-state index >= 15 is 0 Å². The smallest absolute Gasteiger partial charge is 0.203 e. The van der Waals surface area contributed by atoms with Crippen LogP contribution in [0.15, 0.2) is 6.20 Å². The summed E-state index contributed by atoms with van der Waals surface area (Å²) in [5, 5.41) is 3.55. The standard InChI is InChI=1S/C13H23N3O/c1-10(2)8-16-9-11(3)14-13(16)15-12-4-6-17-7-5-12/h9-10,12H,4-8H2,1-3H3,(H,14,15). The van der Waals surface area contributed by atoms with E-state index in [2.05, 4.69) is 34.9 Å². The number of nitrogens with one attached hydrogen (secondary N) is 1. The first-order valence-corrected chi connectivity index (χ1v) is 6.53. The van der Waals surface area contributed by atoms with Gasteiger partial charge in [0.05, 0.1) is 5.69 Å². The zero-order valence-corrected chi connectivity index (χ0v) is 11.1. The minimum Gasteiger partial charge on any atom is -0.381 e. The molecule has 1 aliphatic rings. The van der Waals surface area contributed by atoms with E-state index in [1.165, 1.54) is 0 Å². The van der Waals surface area contributed by atoms with Crippen molar-refractivity contribution in [1.29, 1.82) is 0 Å². The van der Waals surface area contributed by atoms with Gasteiger partial charge in [0, 0.05) is 32.0 Å². The third-order valence-corrected chi connectivity index (χ3v) is 3.01. The van der Waals surface area contributed by atoms with Gasteiger partial charge in [0.1, 0.15) is 0 Å². The molecule has 1 aromatic heterocycles. The number of nitrogens with zero attached hydrogens (tertiary/aromatic N) is 2. The Morgan fingerprint density at radius 3 is 2.82 bits per heavy atom. The summed E-state index contributed by atoms with van der Waals surface area (Å²) in [6.07, 6.45) is 4.28. The van der Waals surface area contributed by atoms with Gasteiger partial charge >= 0.3 is 0 Å². The van der Waals surface area contributed by atoms with Crippen LogP contribution in [0.4, 0.5) is 5.95 Å². The Bertz CT molecular complexity index is 354. The van der Waals surface area contributed by atoms with E-state index < -0.39 is 0 Å². The molecule has 1 aromatic rings. The molecule has 1 saturated heterocycles. The summed E-state index contributed by atoms with van der Waals surface area (Å²) < 4.78 is 7.60. The molecule has 2 heterocycles. The lowest BCUT2D eigenvalue weighted by molar-refractivity contribution is 0.0902. The Hall–Kier alpha value is -1.03. The SMILES string of the molecule is Cc1cn(CC(C)C)c(NC2CCOCC2)n1. The summed E-state index contributed by atoms with van der Waals surface area (Å²) in [6, 6.07) is 0.511. The highest BCUT2D eigenvalue weighted by molar-refractivity contribution is 5.30. The van der Waals surface area contributed by atoms with Crippen LogP contribution in [0.2, 0.25) is 0 Å². The summed E-state index contributed by atoms with van der Waals surface area (Å²) in [6.45, 7) is 9.25. The average molecular weight is 237 g/mol. The number of aromatic nitrogens is 2. The summed E-state index contributed by atoms with van der Waals surface area (Å²) in [5.74, 6) is 1.65. The van der Waals surface area contributed by atoms with Gasteiger partial charge in [-0.05, 0) is 25.7 Å². The van der Waals surface area contributed by atoms with Gasteiger partial charge in [-0.3, -0.25) is 0 Å². The van der Waals surface area contributed by atoms with Gasteiger partial charge < -0.3 is 14.6 Å². The fourth-order valence-electron chi connectivity index (χ4n) is 2.22. The molecule has 4 nitrogen and oxygen atoms in total. The molecule has 1 aliphatic heterocycles. The maximum absolute atomic E-state index is 5.37. The molecule has 0 bridgehead atoms. The number of anilines is 1. The van der Waals surface area contributed by atoms with Crippen LogP contribution in [0.3, 0.4) is 0 Å². The fourth-order valence-corrected chi connectivity index (χ4v) is 2.22. The molecule has 0 saturated carbocycles. The molecule has 0 aliphatic carbocycles. The number of rotatable bonds is 4. The zero-order valence-electron chi connectivity index (χ0n) is 11.1. The summed E-state index contributed by atoms with van der Waals surface area (Å²) in [7, 11) is 0. The predicted octanol–water partition coefficient (Wildman–Crippen LogP) is 2.44. The number of aryl methyl sites for hydroxylation is 1. The molecule has 0 amide bonds. The molecular weight excluding hydrogens is 214 g/mol. The molecule has 96 valence electrons. The Labute approximate surface area is 103 Å². The minimum atomic E-state index is 0.511. The maximum Gasteiger partial charge on any atom is 0.203 e. The molecule has 0 atom stereocenters. The molecule has 0 spiro atoms. The van der Waals surface area contributed by atoms with Crippen LogP contribution in [0.5, 0.6) is 0 Å². The van der Waals surface area contributed by atoms with E-state index in [9.17, 15) is 0 Å². The second-order valence-electron chi connectivity index (χ2n) is 5.28. The van der Waals surface area contributed by atoms with Gasteiger partial charge in [0.25, 0.3) is 0 Å². The third-order valence-electron chi connectivity index (χ3n) is 3.01. The first kappa shape index (κ1) is 12.4. The zero-order chi connectivity index (χ0) is 12.3. The number of ether oxygens (including phenoxy) is 1. The lowest BCUT2D eigenvalue weighted by Gasteiger charge is -2.24. The summed E-state index contributed by atoms with van der Waals surface area (Å²) in [5.41, 5.74) is 1.08. The predicted molar refractivity (Wildman–Crippen MR) is 69.3 cm³/mol. The Kier molecular flexibility index (Phi) is 4.05. The van der Waals surface area contributed by atoms with Crippen molar-refractivity contribution >= 4 is 5.95 Å². The van der Waals surface area contributed by atoms with Crippen LogP contribution in [0.1, 0.15) is 32.4 Å². The van der Waals surface area contributed by atoms with Crippen LogP contribution in [0, 0.1) is 12.8 Å². The molecule has 0 unspecified atom stereocenters. The van der Waals surface area contributed by atoms with Crippen molar-refractivity contribution in [1.82, 2.24) is 9.55 Å². The van der Waals surface area contributed by atoms with E-state index in [0.717, 1.165) is 44.2 Å². The first-order valence-electron chi connectivity index (χ1n) is 6.53. The molecule has 2 rings (SSSR count). The maximum atomic E-state index is 5.37. The fraction of sp³-hybridized carbons (Fsp3) is 0.769. The van der Waals surface area contributed by atoms with E-state index in [1.807, 2.05) is 6.92 Å². The normalized spacial score (nSPS) is 17.6. The van der Waals surface area contributed by atoms with Crippen LogP contribution < -0.4 is 5.32 Å². The largest absolute Gasteiger partial charge is 0.381 e. The summed E-state index contributed by atoms with van der Waals surface area (Å²) >= 11 is 0. The molecule has 0 aromatic carbocycles. The van der Waals surface area contributed by atoms with Crippen LogP contribution in [-0.2, 0) is 11.3 Å². The lowest BCUT2D eigenvalue weighted by atomic mass is 10.1. The first-order chi connectivity index (χ1) is 8.15. The number of imidazole rings is 1. The van der Waals surface area contributed by atoms with Gasteiger partial charge in [-0.25, -0.2) is 4.98 Å². The van der Waals surface area contributed by atoms with Gasteiger partial charge in [-0.1, -0.05) is 13.8 Å². The van der Waals surface area contributed by atoms with Crippen molar-refractivity contribution < 1.29 is 4.74 Å². The van der Waals surface area contributed by atoms with Crippen LogP contribution >= 0.6 is 0 Å². The highest BCUT2D eigenvalue weighted by atomic mass is 16.5. The van der Waals surface area contributed by atoms with Crippen LogP contribution in [0.25, 0.3) is 0 Å². The lowest BCUT2D eigenvalue weighted by Crippen LogP contribution is -2.29. The highest BCUT2D eigenvalue weighted by Crippen LogP contribution is 2.16. The minimum absolute atomic E-state index is 0.511. The second-order valence-corrected chi connectivity index (χ2v) is 5.28. The van der Waals surface area contributed by atoms with E-state index in [4.69, 9.17) is 4.74 Å². The van der Waals surface area contributed by atoms with Gasteiger partial charge in [-0.15, -0.1) is 0 Å². The Morgan fingerprint density at radius 1 is 1.47 bits per heavy atom. The Morgan fingerprint density at radius 2 is 2.18 bits per heavy atom. The highest BCUT2D eigenvalue weighted by Gasteiger charge is 2.16. The number of hydrogen-bond acceptors (Lipinski definition) is 3. The van der Waals surface area contributed by atoms with Crippen molar-refractivity contribution in [3.63, 3.8) is 0 Å². The molecule has 1 fully saturated rings. The summed E-state index contributed by atoms with van der Waals surface area (Å²) in [4.78, 5) is 4.57. The molecular formula is C13H23N3O. The molecule has 0 radical (unpaired) electrons. The number of hydrogen-bond donors (Lipinski definition) is 1. The average Bonchev–Trinajstić information content (AvgIpc) is 2.59. The van der Waals surface area contributed by atoms with Gasteiger partial charge in [-0.2, -0.15) is 0 Å². The van der Waals surface area contributed by atoms with E-state index in [1.54, 1.807) is 0 Å². The van der Waals surface area contributed by atoms with E-state index in [-0.39, 0.29) is 0 Å². The van der Waals surface area contributed by atoms with Crippen molar-refractivity contribution in [2.24, 2.45) is 5.92 Å². The Balaban J connectivity index is 2.02. The van der Waals surface area contributed by atoms with Gasteiger partial charge in [0.15, 0.2) is 0 Å². The third kappa shape index (κ3) is 3.46. The molecule has 4 heteroatoms. The van der Waals surface area contributed by atoms with Crippen molar-refractivity contribution in [3.8, 4) is 0 Å². The van der Waals surface area contributed by atoms with Crippen molar-refractivity contribution in [2.45, 2.75) is 46.2 Å². The topological polar surface area (TPSA) is 39.1 Å². The van der Waals surface area contributed by atoms with Gasteiger partial charge in [0.2, 0.25) is 5.95 Å². The quantitative estimate of drug-likeness (QED) is 0.874. The molecule has 1 N–H and O–H groups in total. The van der Waals surface area contributed by atoms with E-state index in [0.29, 0.717) is 12.0 Å². The van der Waals surface area contributed by atoms with Crippen molar-refractivity contribution in [3.05, 3.63) is 11.9 Å². The van der Waals surface area contributed by atoms with Crippen LogP contribution in [-0.4, -0.2) is 28.8 Å². The van der Waals surface area contributed by atoms with Crippen molar-refractivity contribution in [2.75, 3.05) is 18.5 Å².